The Kier molecular flexibility index (Phi) is 10.1. The van der Waals surface area contributed by atoms with Gasteiger partial charge in [0, 0.05) is 7.11 Å². The third-order valence-electron chi connectivity index (χ3n) is 4.95. The Morgan fingerprint density at radius 1 is 1.04 bits per heavy atom. The summed E-state index contributed by atoms with van der Waals surface area (Å²) in [7, 11) is 1.67. The quantitative estimate of drug-likeness (QED) is 0.382. The molecule has 1 fully saturated rings. The minimum atomic E-state index is 0.139. The fourth-order valence-electron chi connectivity index (χ4n) is 3.54. The summed E-state index contributed by atoms with van der Waals surface area (Å²) in [6, 6.07) is 10.3. The normalized spacial score (nSPS) is 17.0. The van der Waals surface area contributed by atoms with Gasteiger partial charge in [0.2, 0.25) is 0 Å². The topological polar surface area (TPSA) is 27.7 Å². The Morgan fingerprint density at radius 2 is 1.83 bits per heavy atom. The first-order valence-corrected chi connectivity index (χ1v) is 9.60. The number of unbranched alkanes of at least 4 members (excludes halogenated alkanes) is 1. The number of hydrogen-bond donors (Lipinski definition) is 0. The summed E-state index contributed by atoms with van der Waals surface area (Å²) in [6.07, 6.45) is 12.4. The second-order valence-corrected chi connectivity index (χ2v) is 6.98. The highest BCUT2D eigenvalue weighted by atomic mass is 16.7. The van der Waals surface area contributed by atoms with Crippen molar-refractivity contribution in [2.75, 3.05) is 20.5 Å². The maximum Gasteiger partial charge on any atom is 0.146 e. The SMILES string of the molecule is COCO[C@@H](CCCCC1CCCCC1)COCc1ccccc1. The van der Waals surface area contributed by atoms with Gasteiger partial charge in [-0.05, 0) is 17.9 Å². The summed E-state index contributed by atoms with van der Waals surface area (Å²) in [5.41, 5.74) is 1.21. The van der Waals surface area contributed by atoms with Crippen LogP contribution in [0.4, 0.5) is 0 Å². The predicted molar refractivity (Wildman–Crippen MR) is 97.9 cm³/mol. The van der Waals surface area contributed by atoms with E-state index in [-0.39, 0.29) is 6.10 Å². The molecular formula is C21H34O3. The number of hydrogen-bond acceptors (Lipinski definition) is 3. The van der Waals surface area contributed by atoms with E-state index in [1.165, 1.54) is 56.9 Å². The van der Waals surface area contributed by atoms with Crippen molar-refractivity contribution in [3.05, 3.63) is 35.9 Å². The lowest BCUT2D eigenvalue weighted by molar-refractivity contribution is -0.102. The molecule has 0 aliphatic heterocycles. The average Bonchev–Trinajstić information content (AvgIpc) is 2.64. The smallest absolute Gasteiger partial charge is 0.146 e. The zero-order valence-corrected chi connectivity index (χ0v) is 15.3. The van der Waals surface area contributed by atoms with Crippen LogP contribution in [0, 0.1) is 5.92 Å². The van der Waals surface area contributed by atoms with E-state index in [0.29, 0.717) is 20.0 Å². The summed E-state index contributed by atoms with van der Waals surface area (Å²) >= 11 is 0. The molecule has 0 bridgehead atoms. The lowest BCUT2D eigenvalue weighted by Crippen LogP contribution is -2.21. The first-order valence-electron chi connectivity index (χ1n) is 9.60. The molecule has 1 saturated carbocycles. The molecule has 1 atom stereocenters. The van der Waals surface area contributed by atoms with Crippen molar-refractivity contribution in [1.29, 1.82) is 0 Å². The van der Waals surface area contributed by atoms with Gasteiger partial charge in [0.1, 0.15) is 6.79 Å². The molecule has 0 N–H and O–H groups in total. The van der Waals surface area contributed by atoms with Crippen LogP contribution < -0.4 is 0 Å². The van der Waals surface area contributed by atoms with E-state index < -0.39 is 0 Å². The van der Waals surface area contributed by atoms with Crippen molar-refractivity contribution in [2.45, 2.75) is 70.5 Å². The molecule has 0 saturated heterocycles. The largest absolute Gasteiger partial charge is 0.374 e. The maximum atomic E-state index is 5.85. The third kappa shape index (κ3) is 8.27. The Balaban J connectivity index is 1.60. The number of methoxy groups -OCH3 is 1. The lowest BCUT2D eigenvalue weighted by atomic mass is 9.85. The van der Waals surface area contributed by atoms with Gasteiger partial charge in [-0.15, -0.1) is 0 Å². The molecule has 3 nitrogen and oxygen atoms in total. The molecule has 24 heavy (non-hydrogen) atoms. The maximum absolute atomic E-state index is 5.85. The van der Waals surface area contributed by atoms with Crippen LogP contribution in [0.3, 0.4) is 0 Å². The molecule has 0 aromatic heterocycles. The summed E-state index contributed by atoms with van der Waals surface area (Å²) in [4.78, 5) is 0. The highest BCUT2D eigenvalue weighted by Gasteiger charge is 2.14. The fourth-order valence-corrected chi connectivity index (χ4v) is 3.54. The van der Waals surface area contributed by atoms with Crippen LogP contribution in [0.1, 0.15) is 63.4 Å². The second-order valence-electron chi connectivity index (χ2n) is 6.98. The second kappa shape index (κ2) is 12.5. The molecule has 3 heteroatoms. The Hall–Kier alpha value is -0.900. The van der Waals surface area contributed by atoms with Crippen molar-refractivity contribution in [3.8, 4) is 0 Å². The van der Waals surface area contributed by atoms with Crippen molar-refractivity contribution < 1.29 is 14.2 Å². The van der Waals surface area contributed by atoms with Crippen molar-refractivity contribution in [2.24, 2.45) is 5.92 Å². The molecule has 1 aromatic carbocycles. The first kappa shape index (κ1) is 19.4. The summed E-state index contributed by atoms with van der Waals surface area (Å²) in [6.45, 7) is 1.64. The van der Waals surface area contributed by atoms with Crippen LogP contribution >= 0.6 is 0 Å². The molecule has 136 valence electrons. The number of rotatable bonds is 12. The fraction of sp³-hybridized carbons (Fsp3) is 0.714. The minimum Gasteiger partial charge on any atom is -0.374 e. The Labute approximate surface area is 147 Å². The minimum absolute atomic E-state index is 0.139. The van der Waals surface area contributed by atoms with Crippen LogP contribution in [-0.2, 0) is 20.8 Å². The van der Waals surface area contributed by atoms with Gasteiger partial charge in [-0.3, -0.25) is 0 Å². The van der Waals surface area contributed by atoms with E-state index in [1.807, 2.05) is 18.2 Å². The summed E-state index contributed by atoms with van der Waals surface area (Å²) in [5.74, 6) is 0.978. The van der Waals surface area contributed by atoms with Crippen LogP contribution in [0.15, 0.2) is 30.3 Å². The number of benzene rings is 1. The van der Waals surface area contributed by atoms with Crippen molar-refractivity contribution >= 4 is 0 Å². The van der Waals surface area contributed by atoms with E-state index >= 15 is 0 Å². The molecule has 0 heterocycles. The molecule has 1 aliphatic carbocycles. The average molecular weight is 334 g/mol. The van der Waals surface area contributed by atoms with Gasteiger partial charge in [-0.25, -0.2) is 0 Å². The van der Waals surface area contributed by atoms with Crippen molar-refractivity contribution in [3.63, 3.8) is 0 Å². The monoisotopic (exact) mass is 334 g/mol. The highest BCUT2D eigenvalue weighted by Crippen LogP contribution is 2.28. The van der Waals surface area contributed by atoms with E-state index in [1.54, 1.807) is 7.11 Å². The van der Waals surface area contributed by atoms with Crippen molar-refractivity contribution in [1.82, 2.24) is 0 Å². The van der Waals surface area contributed by atoms with Gasteiger partial charge in [-0.2, -0.15) is 0 Å². The van der Waals surface area contributed by atoms with Gasteiger partial charge in [0.05, 0.1) is 19.3 Å². The molecule has 0 amide bonds. The first-order chi connectivity index (χ1) is 11.9. The third-order valence-corrected chi connectivity index (χ3v) is 4.95. The van der Waals surface area contributed by atoms with Gasteiger partial charge in [0.25, 0.3) is 0 Å². The van der Waals surface area contributed by atoms with Crippen LogP contribution in [-0.4, -0.2) is 26.6 Å². The standard InChI is InChI=1S/C21H34O3/c1-22-18-24-21(17-23-16-20-13-6-3-7-14-20)15-9-8-12-19-10-4-2-5-11-19/h3,6-7,13-14,19,21H,2,4-5,8-12,15-18H2,1H3/t21-/m0/s1. The molecule has 0 spiro atoms. The molecular weight excluding hydrogens is 300 g/mol. The predicted octanol–water partition coefficient (Wildman–Crippen LogP) is 5.33. The number of ether oxygens (including phenoxy) is 3. The zero-order chi connectivity index (χ0) is 16.9. The molecule has 0 unspecified atom stereocenters. The van der Waals surface area contributed by atoms with Gasteiger partial charge in [-0.1, -0.05) is 81.7 Å². The molecule has 0 radical (unpaired) electrons. The molecule has 1 aliphatic rings. The van der Waals surface area contributed by atoms with E-state index in [9.17, 15) is 0 Å². The van der Waals surface area contributed by atoms with Gasteiger partial charge >= 0.3 is 0 Å². The van der Waals surface area contributed by atoms with Crippen LogP contribution in [0.2, 0.25) is 0 Å². The summed E-state index contributed by atoms with van der Waals surface area (Å²) < 4.78 is 16.7. The van der Waals surface area contributed by atoms with Crippen LogP contribution in [0.5, 0.6) is 0 Å². The lowest BCUT2D eigenvalue weighted by Gasteiger charge is -2.22. The highest BCUT2D eigenvalue weighted by molar-refractivity contribution is 5.13. The molecule has 2 rings (SSSR count). The Bertz CT molecular complexity index is 401. The van der Waals surface area contributed by atoms with E-state index in [0.717, 1.165) is 12.3 Å². The Morgan fingerprint density at radius 3 is 2.58 bits per heavy atom. The molecule has 1 aromatic rings. The van der Waals surface area contributed by atoms with Gasteiger partial charge in [0.15, 0.2) is 0 Å². The summed E-state index contributed by atoms with van der Waals surface area (Å²) in [5, 5.41) is 0. The zero-order valence-electron chi connectivity index (χ0n) is 15.3. The van der Waals surface area contributed by atoms with E-state index in [4.69, 9.17) is 14.2 Å². The van der Waals surface area contributed by atoms with E-state index in [2.05, 4.69) is 12.1 Å². The van der Waals surface area contributed by atoms with Crippen LogP contribution in [0.25, 0.3) is 0 Å². The van der Waals surface area contributed by atoms with Gasteiger partial charge < -0.3 is 14.2 Å².